The molecule has 0 radical (unpaired) electrons. The first kappa shape index (κ1) is 15.2. The van der Waals surface area contributed by atoms with E-state index < -0.39 is 6.04 Å². The van der Waals surface area contributed by atoms with Gasteiger partial charge in [-0.15, -0.1) is 11.3 Å². The summed E-state index contributed by atoms with van der Waals surface area (Å²) in [4.78, 5) is 24.7. The highest BCUT2D eigenvalue weighted by Gasteiger charge is 2.18. The summed E-state index contributed by atoms with van der Waals surface area (Å²) < 4.78 is 0. The predicted molar refractivity (Wildman–Crippen MR) is 84.4 cm³/mol. The summed E-state index contributed by atoms with van der Waals surface area (Å²) >= 11 is 1.44. The molecule has 2 rings (SSSR count). The van der Waals surface area contributed by atoms with Gasteiger partial charge in [0.05, 0.1) is 0 Å². The van der Waals surface area contributed by atoms with Crippen LogP contribution in [0.4, 0.5) is 5.69 Å². The average molecular weight is 303 g/mol. The number of carbonyl (C=O) groups is 2. The first-order valence-electron chi connectivity index (χ1n) is 6.46. The Morgan fingerprint density at radius 2 is 2.00 bits per heavy atom. The van der Waals surface area contributed by atoms with Crippen molar-refractivity contribution in [2.75, 3.05) is 12.4 Å². The zero-order valence-corrected chi connectivity index (χ0v) is 12.7. The molecule has 6 heteroatoms. The van der Waals surface area contributed by atoms with Crippen LogP contribution in [0.3, 0.4) is 0 Å². The third-order valence-electron chi connectivity index (χ3n) is 3.20. The van der Waals surface area contributed by atoms with Crippen molar-refractivity contribution in [3.05, 3.63) is 51.7 Å². The van der Waals surface area contributed by atoms with Crippen LogP contribution >= 0.6 is 11.3 Å². The number of nitrogens with two attached hydrogens (primary N) is 1. The van der Waals surface area contributed by atoms with Gasteiger partial charge in [-0.2, -0.15) is 0 Å². The standard InChI is InChI=1S/C15H17N3O2S/c1-9-10(14(19)17-2)5-3-6-11(9)18-15(20)13(16)12-7-4-8-21-12/h3-8,13H,16H2,1-2H3,(H,17,19)(H,18,20). The van der Waals surface area contributed by atoms with Crippen molar-refractivity contribution in [2.24, 2.45) is 5.73 Å². The van der Waals surface area contributed by atoms with Gasteiger partial charge in [0.15, 0.2) is 0 Å². The van der Waals surface area contributed by atoms with E-state index in [4.69, 9.17) is 5.73 Å². The number of rotatable bonds is 4. The first-order valence-corrected chi connectivity index (χ1v) is 7.34. The minimum atomic E-state index is -0.715. The van der Waals surface area contributed by atoms with Gasteiger partial charge in [-0.3, -0.25) is 9.59 Å². The van der Waals surface area contributed by atoms with Crippen LogP contribution in [-0.2, 0) is 4.79 Å². The summed E-state index contributed by atoms with van der Waals surface area (Å²) in [6.07, 6.45) is 0. The van der Waals surface area contributed by atoms with Gasteiger partial charge in [-0.05, 0) is 36.1 Å². The van der Waals surface area contributed by atoms with E-state index in [1.165, 1.54) is 11.3 Å². The fourth-order valence-corrected chi connectivity index (χ4v) is 2.68. The third-order valence-corrected chi connectivity index (χ3v) is 4.15. The molecule has 0 aliphatic heterocycles. The molecule has 0 aliphatic carbocycles. The van der Waals surface area contributed by atoms with E-state index >= 15 is 0 Å². The van der Waals surface area contributed by atoms with Gasteiger partial charge in [0.1, 0.15) is 6.04 Å². The van der Waals surface area contributed by atoms with E-state index in [9.17, 15) is 9.59 Å². The van der Waals surface area contributed by atoms with E-state index in [0.717, 1.165) is 4.88 Å². The summed E-state index contributed by atoms with van der Waals surface area (Å²) in [5, 5.41) is 7.23. The van der Waals surface area contributed by atoms with Gasteiger partial charge in [0.25, 0.3) is 5.91 Å². The Bertz CT molecular complexity index is 653. The van der Waals surface area contributed by atoms with E-state index in [-0.39, 0.29) is 11.8 Å². The van der Waals surface area contributed by atoms with Gasteiger partial charge in [0.2, 0.25) is 5.91 Å². The first-order chi connectivity index (χ1) is 10.0. The number of carbonyl (C=O) groups excluding carboxylic acids is 2. The lowest BCUT2D eigenvalue weighted by Gasteiger charge is -2.14. The van der Waals surface area contributed by atoms with Crippen molar-refractivity contribution in [3.8, 4) is 0 Å². The molecule has 1 atom stereocenters. The lowest BCUT2D eigenvalue weighted by atomic mass is 10.1. The fraction of sp³-hybridized carbons (Fsp3) is 0.200. The number of amides is 2. The Morgan fingerprint density at radius 3 is 2.62 bits per heavy atom. The molecule has 1 unspecified atom stereocenters. The number of nitrogens with one attached hydrogen (secondary N) is 2. The molecule has 0 aliphatic rings. The largest absolute Gasteiger partial charge is 0.355 e. The maximum atomic E-state index is 12.2. The van der Waals surface area contributed by atoms with Crippen LogP contribution < -0.4 is 16.4 Å². The van der Waals surface area contributed by atoms with Crippen molar-refractivity contribution >= 4 is 28.8 Å². The second-order valence-electron chi connectivity index (χ2n) is 4.54. The molecule has 2 amide bonds. The summed E-state index contributed by atoms with van der Waals surface area (Å²) in [7, 11) is 1.57. The summed E-state index contributed by atoms with van der Waals surface area (Å²) in [5.74, 6) is -0.485. The molecule has 1 heterocycles. The second kappa shape index (κ2) is 6.51. The van der Waals surface area contributed by atoms with Crippen molar-refractivity contribution < 1.29 is 9.59 Å². The molecule has 1 aromatic carbocycles. The quantitative estimate of drug-likeness (QED) is 0.808. The van der Waals surface area contributed by atoms with E-state index in [1.54, 1.807) is 32.2 Å². The highest BCUT2D eigenvalue weighted by Crippen LogP contribution is 2.22. The molecule has 0 bridgehead atoms. The van der Waals surface area contributed by atoms with Crippen molar-refractivity contribution in [1.29, 1.82) is 0 Å². The van der Waals surface area contributed by atoms with Crippen LogP contribution in [-0.4, -0.2) is 18.9 Å². The van der Waals surface area contributed by atoms with Crippen molar-refractivity contribution in [1.82, 2.24) is 5.32 Å². The van der Waals surface area contributed by atoms with Gasteiger partial charge in [0, 0.05) is 23.2 Å². The van der Waals surface area contributed by atoms with Crippen molar-refractivity contribution in [3.63, 3.8) is 0 Å². The monoisotopic (exact) mass is 303 g/mol. The normalized spacial score (nSPS) is 11.8. The van der Waals surface area contributed by atoms with E-state index in [1.807, 2.05) is 17.5 Å². The lowest BCUT2D eigenvalue weighted by molar-refractivity contribution is -0.117. The van der Waals surface area contributed by atoms with Gasteiger partial charge in [-0.25, -0.2) is 0 Å². The topological polar surface area (TPSA) is 84.2 Å². The highest BCUT2D eigenvalue weighted by molar-refractivity contribution is 7.10. The molecule has 0 saturated carbocycles. The smallest absolute Gasteiger partial charge is 0.251 e. The molecule has 110 valence electrons. The molecule has 0 spiro atoms. The number of anilines is 1. The number of hydrogen-bond acceptors (Lipinski definition) is 4. The number of benzene rings is 1. The minimum Gasteiger partial charge on any atom is -0.355 e. The van der Waals surface area contributed by atoms with Crippen LogP contribution in [0.2, 0.25) is 0 Å². The Labute approximate surface area is 127 Å². The van der Waals surface area contributed by atoms with Crippen LogP contribution in [0.1, 0.15) is 26.8 Å². The van der Waals surface area contributed by atoms with Crippen LogP contribution in [0.25, 0.3) is 0 Å². The maximum Gasteiger partial charge on any atom is 0.251 e. The summed E-state index contributed by atoms with van der Waals surface area (Å²) in [5.41, 5.74) is 7.75. The summed E-state index contributed by atoms with van der Waals surface area (Å²) in [6, 6.07) is 8.15. The average Bonchev–Trinajstić information content (AvgIpc) is 3.02. The minimum absolute atomic E-state index is 0.189. The maximum absolute atomic E-state index is 12.2. The molecule has 4 N–H and O–H groups in total. The highest BCUT2D eigenvalue weighted by atomic mass is 32.1. The zero-order chi connectivity index (χ0) is 15.4. The lowest BCUT2D eigenvalue weighted by Crippen LogP contribution is -2.27. The molecular weight excluding hydrogens is 286 g/mol. The predicted octanol–water partition coefficient (Wildman–Crippen LogP) is 2.05. The van der Waals surface area contributed by atoms with Crippen LogP contribution in [0, 0.1) is 6.92 Å². The molecule has 0 fully saturated rings. The van der Waals surface area contributed by atoms with Gasteiger partial charge in [-0.1, -0.05) is 12.1 Å². The molecule has 2 aromatic rings. The SMILES string of the molecule is CNC(=O)c1cccc(NC(=O)C(N)c2cccs2)c1C. The van der Waals surface area contributed by atoms with Gasteiger partial charge < -0.3 is 16.4 Å². The van der Waals surface area contributed by atoms with Crippen molar-refractivity contribution in [2.45, 2.75) is 13.0 Å². The summed E-state index contributed by atoms with van der Waals surface area (Å²) in [6.45, 7) is 1.79. The Hall–Kier alpha value is -2.18. The van der Waals surface area contributed by atoms with Gasteiger partial charge >= 0.3 is 0 Å². The van der Waals surface area contributed by atoms with E-state index in [2.05, 4.69) is 10.6 Å². The molecule has 0 saturated heterocycles. The Kier molecular flexibility index (Phi) is 4.72. The molecule has 1 aromatic heterocycles. The van der Waals surface area contributed by atoms with Crippen LogP contribution in [0.5, 0.6) is 0 Å². The number of thiophene rings is 1. The van der Waals surface area contributed by atoms with Crippen LogP contribution in [0.15, 0.2) is 35.7 Å². The molecular formula is C15H17N3O2S. The third kappa shape index (κ3) is 3.29. The number of hydrogen-bond donors (Lipinski definition) is 3. The Morgan fingerprint density at radius 1 is 1.24 bits per heavy atom. The Balaban J connectivity index is 2.20. The molecule has 5 nitrogen and oxygen atoms in total. The fourth-order valence-electron chi connectivity index (χ4n) is 1.96. The molecule has 21 heavy (non-hydrogen) atoms. The second-order valence-corrected chi connectivity index (χ2v) is 5.52. The zero-order valence-electron chi connectivity index (χ0n) is 11.8. The van der Waals surface area contributed by atoms with E-state index in [0.29, 0.717) is 16.8 Å².